The fourth-order valence-corrected chi connectivity index (χ4v) is 3.94. The third kappa shape index (κ3) is 2.27. The summed E-state index contributed by atoms with van der Waals surface area (Å²) in [7, 11) is 0. The smallest absolute Gasteiger partial charge is 0.0525 e. The van der Waals surface area contributed by atoms with E-state index in [2.05, 4.69) is 23.3 Å². The van der Waals surface area contributed by atoms with Crippen LogP contribution in [0.25, 0.3) is 0 Å². The zero-order chi connectivity index (χ0) is 13.4. The van der Waals surface area contributed by atoms with Crippen molar-refractivity contribution in [2.75, 3.05) is 11.4 Å². The molecule has 1 aromatic carbocycles. The number of hydrogen-bond acceptors (Lipinski definition) is 3. The van der Waals surface area contributed by atoms with Crippen molar-refractivity contribution in [3.05, 3.63) is 50.7 Å². The van der Waals surface area contributed by atoms with E-state index < -0.39 is 0 Å². The van der Waals surface area contributed by atoms with E-state index in [1.807, 2.05) is 29.5 Å². The highest BCUT2D eigenvalue weighted by Gasteiger charge is 2.26. The van der Waals surface area contributed by atoms with E-state index in [4.69, 9.17) is 17.3 Å². The molecule has 2 heterocycles. The molecule has 19 heavy (non-hydrogen) atoms. The lowest BCUT2D eigenvalue weighted by molar-refractivity contribution is 0.630. The molecule has 4 heteroatoms. The van der Waals surface area contributed by atoms with Gasteiger partial charge in [-0.3, -0.25) is 0 Å². The maximum Gasteiger partial charge on any atom is 0.0525 e. The maximum absolute atomic E-state index is 6.15. The molecule has 1 unspecified atom stereocenters. The first-order valence-corrected chi connectivity index (χ1v) is 7.78. The van der Waals surface area contributed by atoms with Crippen molar-refractivity contribution in [2.24, 2.45) is 5.73 Å². The van der Waals surface area contributed by atoms with Gasteiger partial charge in [-0.05, 0) is 48.1 Å². The van der Waals surface area contributed by atoms with E-state index in [1.165, 1.54) is 16.1 Å². The van der Waals surface area contributed by atoms with Crippen LogP contribution in [0.5, 0.6) is 0 Å². The third-order valence-electron chi connectivity index (χ3n) is 3.85. The van der Waals surface area contributed by atoms with Gasteiger partial charge >= 0.3 is 0 Å². The Hall–Kier alpha value is -1.03. The Morgan fingerprint density at radius 3 is 3.05 bits per heavy atom. The molecule has 0 aliphatic carbocycles. The monoisotopic (exact) mass is 292 g/mol. The van der Waals surface area contributed by atoms with Crippen LogP contribution in [0.2, 0.25) is 5.02 Å². The molecular weight excluding hydrogens is 276 g/mol. The predicted molar refractivity (Wildman–Crippen MR) is 83.1 cm³/mol. The van der Waals surface area contributed by atoms with Crippen LogP contribution in [0.15, 0.2) is 29.6 Å². The van der Waals surface area contributed by atoms with Gasteiger partial charge in [-0.2, -0.15) is 0 Å². The number of nitrogens with zero attached hydrogens (tertiary/aromatic N) is 1. The van der Waals surface area contributed by atoms with Crippen LogP contribution in [-0.2, 0) is 13.0 Å². The zero-order valence-electron chi connectivity index (χ0n) is 10.9. The van der Waals surface area contributed by atoms with Gasteiger partial charge in [-0.25, -0.2) is 0 Å². The van der Waals surface area contributed by atoms with Gasteiger partial charge in [0.1, 0.15) is 0 Å². The molecule has 1 aromatic heterocycles. The number of anilines is 1. The van der Waals surface area contributed by atoms with Crippen LogP contribution in [0.1, 0.15) is 29.0 Å². The summed E-state index contributed by atoms with van der Waals surface area (Å²) < 4.78 is 0. The Morgan fingerprint density at radius 2 is 2.26 bits per heavy atom. The number of nitrogens with two attached hydrogens (primary N) is 1. The van der Waals surface area contributed by atoms with Crippen molar-refractivity contribution in [1.82, 2.24) is 0 Å². The molecule has 0 spiro atoms. The van der Waals surface area contributed by atoms with Crippen molar-refractivity contribution >= 4 is 28.6 Å². The third-order valence-corrected chi connectivity index (χ3v) is 5.09. The highest BCUT2D eigenvalue weighted by molar-refractivity contribution is 7.10. The standard InChI is InChI=1S/C15H17ClN2S/c1-10-13-5-7-19-15(13)4-6-18(10)14-8-12(16)3-2-11(14)9-17/h2-3,5,7-8,10H,4,6,9,17H2,1H3. The van der Waals surface area contributed by atoms with Gasteiger partial charge in [-0.15, -0.1) is 11.3 Å². The Morgan fingerprint density at radius 1 is 1.42 bits per heavy atom. The minimum atomic E-state index is 0.388. The van der Waals surface area contributed by atoms with Gasteiger partial charge < -0.3 is 10.6 Å². The number of thiophene rings is 1. The van der Waals surface area contributed by atoms with Gasteiger partial charge in [-0.1, -0.05) is 17.7 Å². The summed E-state index contributed by atoms with van der Waals surface area (Å²) in [5, 5.41) is 2.96. The highest BCUT2D eigenvalue weighted by Crippen LogP contribution is 2.38. The number of fused-ring (bicyclic) bond motifs is 1. The minimum absolute atomic E-state index is 0.388. The molecule has 0 bridgehead atoms. The van der Waals surface area contributed by atoms with Gasteiger partial charge in [0.25, 0.3) is 0 Å². The van der Waals surface area contributed by atoms with Crippen LogP contribution >= 0.6 is 22.9 Å². The van der Waals surface area contributed by atoms with Gasteiger partial charge in [0.15, 0.2) is 0 Å². The topological polar surface area (TPSA) is 29.3 Å². The average Bonchev–Trinajstić information content (AvgIpc) is 2.88. The van der Waals surface area contributed by atoms with E-state index >= 15 is 0 Å². The molecule has 0 fully saturated rings. The molecule has 1 aliphatic rings. The second-order valence-electron chi connectivity index (χ2n) is 4.90. The highest BCUT2D eigenvalue weighted by atomic mass is 35.5. The molecule has 2 N–H and O–H groups in total. The SMILES string of the molecule is CC1c2ccsc2CCN1c1cc(Cl)ccc1CN. The van der Waals surface area contributed by atoms with E-state index in [1.54, 1.807) is 0 Å². The zero-order valence-corrected chi connectivity index (χ0v) is 12.5. The molecule has 2 nitrogen and oxygen atoms in total. The summed E-state index contributed by atoms with van der Waals surface area (Å²) >= 11 is 8.02. The summed E-state index contributed by atoms with van der Waals surface area (Å²) in [6.45, 7) is 3.83. The molecule has 0 amide bonds. The minimum Gasteiger partial charge on any atom is -0.364 e. The molecule has 0 saturated carbocycles. The van der Waals surface area contributed by atoms with Gasteiger partial charge in [0.2, 0.25) is 0 Å². The summed E-state index contributed by atoms with van der Waals surface area (Å²) in [5.41, 5.74) is 9.65. The fourth-order valence-electron chi connectivity index (χ4n) is 2.82. The number of hydrogen-bond donors (Lipinski definition) is 1. The van der Waals surface area contributed by atoms with Crippen molar-refractivity contribution in [3.63, 3.8) is 0 Å². The quantitative estimate of drug-likeness (QED) is 0.907. The van der Waals surface area contributed by atoms with Crippen molar-refractivity contribution in [1.29, 1.82) is 0 Å². The Bertz CT molecular complexity index is 594. The summed E-state index contributed by atoms with van der Waals surface area (Å²) in [6.07, 6.45) is 1.11. The molecule has 100 valence electrons. The first kappa shape index (κ1) is 13.0. The van der Waals surface area contributed by atoms with E-state index in [-0.39, 0.29) is 0 Å². The molecule has 2 aromatic rings. The van der Waals surface area contributed by atoms with Crippen molar-refractivity contribution in [3.8, 4) is 0 Å². The van der Waals surface area contributed by atoms with E-state index in [9.17, 15) is 0 Å². The lowest BCUT2D eigenvalue weighted by atomic mass is 9.99. The van der Waals surface area contributed by atoms with Crippen LogP contribution in [0.3, 0.4) is 0 Å². The Labute approximate surface area is 122 Å². The lowest BCUT2D eigenvalue weighted by Gasteiger charge is -2.36. The van der Waals surface area contributed by atoms with Gasteiger partial charge in [0.05, 0.1) is 6.04 Å². The van der Waals surface area contributed by atoms with E-state index in [0.29, 0.717) is 12.6 Å². The number of rotatable bonds is 2. The largest absolute Gasteiger partial charge is 0.364 e. The molecule has 1 aliphatic heterocycles. The first-order valence-electron chi connectivity index (χ1n) is 6.52. The maximum atomic E-state index is 6.15. The van der Waals surface area contributed by atoms with E-state index in [0.717, 1.165) is 23.6 Å². The van der Waals surface area contributed by atoms with Crippen LogP contribution in [0.4, 0.5) is 5.69 Å². The first-order chi connectivity index (χ1) is 9.20. The van der Waals surface area contributed by atoms with Crippen LogP contribution < -0.4 is 10.6 Å². The summed E-state index contributed by atoms with van der Waals surface area (Å²) in [4.78, 5) is 3.93. The van der Waals surface area contributed by atoms with Crippen LogP contribution in [-0.4, -0.2) is 6.54 Å². The molecule has 3 rings (SSSR count). The second kappa shape index (κ2) is 5.16. The van der Waals surface area contributed by atoms with Crippen molar-refractivity contribution in [2.45, 2.75) is 25.9 Å². The second-order valence-corrected chi connectivity index (χ2v) is 6.33. The van der Waals surface area contributed by atoms with Crippen molar-refractivity contribution < 1.29 is 0 Å². The summed E-state index contributed by atoms with van der Waals surface area (Å²) in [6, 6.07) is 8.62. The predicted octanol–water partition coefficient (Wildman–Crippen LogP) is 3.98. The molecule has 1 atom stereocenters. The molecule has 0 saturated heterocycles. The summed E-state index contributed by atoms with van der Waals surface area (Å²) in [5.74, 6) is 0. The number of halogens is 1. The Balaban J connectivity index is 2.02. The fraction of sp³-hybridized carbons (Fsp3) is 0.333. The molecule has 0 radical (unpaired) electrons. The van der Waals surface area contributed by atoms with Gasteiger partial charge in [0, 0.05) is 28.7 Å². The lowest BCUT2D eigenvalue weighted by Crippen LogP contribution is -2.34. The number of benzene rings is 1. The average molecular weight is 293 g/mol. The van der Waals surface area contributed by atoms with Crippen LogP contribution in [0, 0.1) is 0 Å². The molecular formula is C15H17ClN2S. The Kier molecular flexibility index (Phi) is 3.52. The normalized spacial score (nSPS) is 18.5.